The zero-order valence-electron chi connectivity index (χ0n) is 16.6. The van der Waals surface area contributed by atoms with Gasteiger partial charge in [-0.15, -0.1) is 0 Å². The van der Waals surface area contributed by atoms with Crippen LogP contribution in [0.2, 0.25) is 0 Å². The normalized spacial score (nSPS) is 28.3. The van der Waals surface area contributed by atoms with E-state index >= 15 is 0 Å². The largest absolute Gasteiger partial charge is 0.371 e. The van der Waals surface area contributed by atoms with Crippen LogP contribution >= 0.6 is 0 Å². The van der Waals surface area contributed by atoms with Crippen molar-refractivity contribution in [2.24, 2.45) is 5.41 Å². The Morgan fingerprint density at radius 2 is 1.81 bits per heavy atom. The minimum Gasteiger partial charge on any atom is -0.371 e. The highest BCUT2D eigenvalue weighted by molar-refractivity contribution is 5.84. The molecule has 3 heterocycles. The number of benzene rings is 1. The third kappa shape index (κ3) is 3.02. The molecule has 4 rings (SSSR count). The molecule has 0 bridgehead atoms. The number of aryl methyl sites for hydroxylation is 1. The van der Waals surface area contributed by atoms with Crippen molar-refractivity contribution in [1.29, 1.82) is 0 Å². The van der Waals surface area contributed by atoms with Crippen LogP contribution in [0.15, 0.2) is 18.2 Å². The number of amides is 1. The molecule has 3 fully saturated rings. The van der Waals surface area contributed by atoms with E-state index in [1.807, 2.05) is 11.9 Å². The van der Waals surface area contributed by atoms with Gasteiger partial charge in [-0.1, -0.05) is 12.1 Å². The fourth-order valence-electron chi connectivity index (χ4n) is 5.41. The van der Waals surface area contributed by atoms with Crippen molar-refractivity contribution in [3.8, 4) is 0 Å². The van der Waals surface area contributed by atoms with Crippen molar-refractivity contribution < 1.29 is 4.79 Å². The lowest BCUT2D eigenvalue weighted by atomic mass is 9.78. The summed E-state index contributed by atoms with van der Waals surface area (Å²) in [6.45, 7) is 9.74. The molecular weight excluding hydrogens is 322 g/mol. The van der Waals surface area contributed by atoms with Crippen molar-refractivity contribution in [2.75, 3.05) is 44.7 Å². The first-order valence-electron chi connectivity index (χ1n) is 10.3. The molecule has 0 aromatic heterocycles. The van der Waals surface area contributed by atoms with Crippen LogP contribution in [-0.4, -0.2) is 61.5 Å². The number of rotatable bonds is 2. The molecule has 1 amide bonds. The first-order chi connectivity index (χ1) is 12.5. The third-order valence-corrected chi connectivity index (χ3v) is 7.23. The monoisotopic (exact) mass is 355 g/mol. The third-order valence-electron chi connectivity index (χ3n) is 7.23. The van der Waals surface area contributed by atoms with Gasteiger partial charge in [-0.3, -0.25) is 9.69 Å². The van der Waals surface area contributed by atoms with Gasteiger partial charge >= 0.3 is 0 Å². The van der Waals surface area contributed by atoms with E-state index in [4.69, 9.17) is 0 Å². The summed E-state index contributed by atoms with van der Waals surface area (Å²) in [6, 6.07) is 7.30. The van der Waals surface area contributed by atoms with E-state index in [1.54, 1.807) is 0 Å². The topological polar surface area (TPSA) is 26.8 Å². The minimum atomic E-state index is -0.0722. The van der Waals surface area contributed by atoms with Crippen molar-refractivity contribution in [3.63, 3.8) is 0 Å². The molecule has 1 aromatic carbocycles. The average molecular weight is 356 g/mol. The highest BCUT2D eigenvalue weighted by atomic mass is 16.2. The van der Waals surface area contributed by atoms with Crippen LogP contribution in [-0.2, 0) is 4.79 Å². The standard InChI is InChI=1S/C22H33N3O/c1-17-6-4-7-20(18(17)2)24-13-8-19(9-14-24)25-15-11-22(16-25)10-5-12-23(3)21(22)26/h4,6-7,19H,5,8-16H2,1-3H3. The molecule has 142 valence electrons. The van der Waals surface area contributed by atoms with Crippen molar-refractivity contribution >= 4 is 11.6 Å². The summed E-state index contributed by atoms with van der Waals surface area (Å²) in [4.78, 5) is 19.9. The molecule has 1 unspecified atom stereocenters. The number of carbonyl (C=O) groups excluding carboxylic acids is 1. The van der Waals surface area contributed by atoms with Gasteiger partial charge in [-0.25, -0.2) is 0 Å². The second kappa shape index (κ2) is 6.88. The summed E-state index contributed by atoms with van der Waals surface area (Å²) in [6.07, 6.45) is 5.75. The Kier molecular flexibility index (Phi) is 4.72. The summed E-state index contributed by atoms with van der Waals surface area (Å²) in [5.74, 6) is 0.402. The van der Waals surface area contributed by atoms with E-state index in [9.17, 15) is 4.79 Å². The predicted octanol–water partition coefficient (Wildman–Crippen LogP) is 3.22. The maximum atomic E-state index is 12.8. The quantitative estimate of drug-likeness (QED) is 0.815. The fraction of sp³-hybridized carbons (Fsp3) is 0.682. The van der Waals surface area contributed by atoms with Gasteiger partial charge in [-0.2, -0.15) is 0 Å². The van der Waals surface area contributed by atoms with Crippen LogP contribution in [0.5, 0.6) is 0 Å². The van der Waals surface area contributed by atoms with Crippen LogP contribution < -0.4 is 4.90 Å². The van der Waals surface area contributed by atoms with E-state index in [0.717, 1.165) is 45.6 Å². The number of carbonyl (C=O) groups is 1. The van der Waals surface area contributed by atoms with E-state index < -0.39 is 0 Å². The maximum Gasteiger partial charge on any atom is 0.229 e. The second-order valence-corrected chi connectivity index (χ2v) is 8.77. The Morgan fingerprint density at radius 3 is 2.58 bits per heavy atom. The molecule has 3 saturated heterocycles. The first-order valence-corrected chi connectivity index (χ1v) is 10.3. The lowest BCUT2D eigenvalue weighted by molar-refractivity contribution is -0.144. The zero-order valence-corrected chi connectivity index (χ0v) is 16.6. The average Bonchev–Trinajstić information content (AvgIpc) is 3.07. The molecular formula is C22H33N3O. The highest BCUT2D eigenvalue weighted by Gasteiger charge is 2.48. The summed E-state index contributed by atoms with van der Waals surface area (Å²) < 4.78 is 0. The Bertz CT molecular complexity index is 680. The SMILES string of the molecule is Cc1cccc(N2CCC(N3CCC4(CCCN(C)C4=O)C3)CC2)c1C. The number of piperidine rings is 2. The molecule has 4 heteroatoms. The highest BCUT2D eigenvalue weighted by Crippen LogP contribution is 2.41. The zero-order chi connectivity index (χ0) is 18.3. The van der Waals surface area contributed by atoms with Crippen LogP contribution in [0.3, 0.4) is 0 Å². The molecule has 4 nitrogen and oxygen atoms in total. The molecule has 3 aliphatic heterocycles. The molecule has 0 aliphatic carbocycles. The lowest BCUT2D eigenvalue weighted by Gasteiger charge is -2.41. The molecule has 0 N–H and O–H groups in total. The van der Waals surface area contributed by atoms with Gasteiger partial charge < -0.3 is 9.80 Å². The smallest absolute Gasteiger partial charge is 0.229 e. The number of nitrogens with zero attached hydrogens (tertiary/aromatic N) is 3. The molecule has 1 spiro atoms. The van der Waals surface area contributed by atoms with Crippen LogP contribution in [0, 0.1) is 19.3 Å². The Hall–Kier alpha value is -1.55. The van der Waals surface area contributed by atoms with Gasteiger partial charge in [0.05, 0.1) is 5.41 Å². The Labute approximate surface area is 158 Å². The van der Waals surface area contributed by atoms with Crippen LogP contribution in [0.25, 0.3) is 0 Å². The number of hydrogen-bond donors (Lipinski definition) is 0. The van der Waals surface area contributed by atoms with Crippen molar-refractivity contribution in [2.45, 2.75) is 52.0 Å². The van der Waals surface area contributed by atoms with Gasteiger partial charge in [0.1, 0.15) is 0 Å². The van der Waals surface area contributed by atoms with Gasteiger partial charge in [0, 0.05) is 45.0 Å². The summed E-state index contributed by atoms with van der Waals surface area (Å²) in [5.41, 5.74) is 4.13. The number of likely N-dealkylation sites (tertiary alicyclic amines) is 2. The van der Waals surface area contributed by atoms with Crippen molar-refractivity contribution in [1.82, 2.24) is 9.80 Å². The van der Waals surface area contributed by atoms with Gasteiger partial charge in [-0.05, 0) is 69.7 Å². The van der Waals surface area contributed by atoms with Crippen LogP contribution in [0.1, 0.15) is 43.2 Å². The molecule has 1 atom stereocenters. The van der Waals surface area contributed by atoms with Crippen molar-refractivity contribution in [3.05, 3.63) is 29.3 Å². The van der Waals surface area contributed by atoms with Crippen LogP contribution in [0.4, 0.5) is 5.69 Å². The van der Waals surface area contributed by atoms with Gasteiger partial charge in [0.15, 0.2) is 0 Å². The molecule has 0 saturated carbocycles. The molecule has 1 aromatic rings. The summed E-state index contributed by atoms with van der Waals surface area (Å²) >= 11 is 0. The maximum absolute atomic E-state index is 12.8. The molecule has 0 radical (unpaired) electrons. The van der Waals surface area contributed by atoms with E-state index in [-0.39, 0.29) is 5.41 Å². The fourth-order valence-corrected chi connectivity index (χ4v) is 5.41. The molecule has 26 heavy (non-hydrogen) atoms. The van der Waals surface area contributed by atoms with Gasteiger partial charge in [0.2, 0.25) is 5.91 Å². The Balaban J connectivity index is 1.38. The minimum absolute atomic E-state index is 0.0722. The second-order valence-electron chi connectivity index (χ2n) is 8.77. The van der Waals surface area contributed by atoms with E-state index in [0.29, 0.717) is 11.9 Å². The summed E-state index contributed by atoms with van der Waals surface area (Å²) in [7, 11) is 1.98. The van der Waals surface area contributed by atoms with E-state index in [2.05, 4.69) is 41.8 Å². The molecule has 3 aliphatic rings. The number of anilines is 1. The predicted molar refractivity (Wildman–Crippen MR) is 107 cm³/mol. The van der Waals surface area contributed by atoms with E-state index in [1.165, 1.54) is 36.1 Å². The van der Waals surface area contributed by atoms with Gasteiger partial charge in [0.25, 0.3) is 0 Å². The first kappa shape index (κ1) is 17.8. The number of hydrogen-bond acceptors (Lipinski definition) is 3. The lowest BCUT2D eigenvalue weighted by Crippen LogP contribution is -2.50. The Morgan fingerprint density at radius 1 is 1.04 bits per heavy atom. The summed E-state index contributed by atoms with van der Waals surface area (Å²) in [5, 5.41) is 0.